The number of allylic oxidation sites excluding steroid dienone is 1. The van der Waals surface area contributed by atoms with Crippen LogP contribution in [0.25, 0.3) is 0 Å². The fraction of sp³-hybridized carbons (Fsp3) is 0.818. The lowest BCUT2D eigenvalue weighted by Crippen LogP contribution is -2.38. The number of hydrogen-bond acceptors (Lipinski definition) is 2. The highest BCUT2D eigenvalue weighted by Crippen LogP contribution is 2.31. The van der Waals surface area contributed by atoms with Gasteiger partial charge >= 0.3 is 0 Å². The molecule has 0 radical (unpaired) electrons. The van der Waals surface area contributed by atoms with Crippen LogP contribution in [-0.2, 0) is 0 Å². The van der Waals surface area contributed by atoms with Crippen molar-refractivity contribution in [2.24, 2.45) is 0 Å². The average molecular weight is 181 g/mol. The van der Waals surface area contributed by atoms with Gasteiger partial charge in [-0.25, -0.2) is 0 Å². The van der Waals surface area contributed by atoms with E-state index < -0.39 is 0 Å². The minimum atomic E-state index is 0.306. The molecule has 2 aliphatic rings. The van der Waals surface area contributed by atoms with E-state index >= 15 is 0 Å². The Hall–Kier alpha value is -0.340. The van der Waals surface area contributed by atoms with Crippen molar-refractivity contribution in [2.45, 2.75) is 44.2 Å². The van der Waals surface area contributed by atoms with Gasteiger partial charge in [-0.2, -0.15) is 0 Å². The number of nitrogens with zero attached hydrogens (tertiary/aromatic N) is 1. The molecule has 1 unspecified atom stereocenters. The third kappa shape index (κ3) is 2.32. The maximum absolute atomic E-state index is 8.98. The summed E-state index contributed by atoms with van der Waals surface area (Å²) in [5.41, 5.74) is 0. The zero-order chi connectivity index (χ0) is 9.10. The summed E-state index contributed by atoms with van der Waals surface area (Å²) in [7, 11) is 0. The van der Waals surface area contributed by atoms with Crippen LogP contribution < -0.4 is 0 Å². The topological polar surface area (TPSA) is 23.5 Å². The molecule has 13 heavy (non-hydrogen) atoms. The van der Waals surface area contributed by atoms with Crippen LogP contribution in [0.4, 0.5) is 0 Å². The van der Waals surface area contributed by atoms with Gasteiger partial charge < -0.3 is 5.11 Å². The van der Waals surface area contributed by atoms with E-state index in [1.807, 2.05) is 0 Å². The second-order valence-corrected chi connectivity index (χ2v) is 4.12. The highest BCUT2D eigenvalue weighted by molar-refractivity contribution is 5.02. The monoisotopic (exact) mass is 181 g/mol. The molecule has 74 valence electrons. The Bertz CT molecular complexity index is 187. The van der Waals surface area contributed by atoms with Crippen LogP contribution in [0.15, 0.2) is 12.2 Å². The lowest BCUT2D eigenvalue weighted by atomic mass is 10.0. The SMILES string of the molecule is OCCN(C1C=CCCC1)C1CC1. The van der Waals surface area contributed by atoms with Crippen LogP contribution in [0.3, 0.4) is 0 Å². The Morgan fingerprint density at radius 3 is 2.69 bits per heavy atom. The predicted octanol–water partition coefficient (Wildman–Crippen LogP) is 1.55. The fourth-order valence-electron chi connectivity index (χ4n) is 2.21. The van der Waals surface area contributed by atoms with Gasteiger partial charge in [0.15, 0.2) is 0 Å². The van der Waals surface area contributed by atoms with Crippen molar-refractivity contribution in [2.75, 3.05) is 13.2 Å². The first-order valence-corrected chi connectivity index (χ1v) is 5.45. The standard InChI is InChI=1S/C11H19NO/c13-9-8-12(11-6-7-11)10-4-2-1-3-5-10/h2,4,10-11,13H,1,3,5-9H2. The van der Waals surface area contributed by atoms with Crippen LogP contribution >= 0.6 is 0 Å². The molecule has 2 nitrogen and oxygen atoms in total. The molecule has 1 atom stereocenters. The summed E-state index contributed by atoms with van der Waals surface area (Å²) >= 11 is 0. The van der Waals surface area contributed by atoms with E-state index in [-0.39, 0.29) is 0 Å². The van der Waals surface area contributed by atoms with Gasteiger partial charge in [0.2, 0.25) is 0 Å². The third-order valence-corrected chi connectivity index (χ3v) is 3.03. The summed E-state index contributed by atoms with van der Waals surface area (Å²) in [5, 5.41) is 8.98. The zero-order valence-corrected chi connectivity index (χ0v) is 8.15. The minimum Gasteiger partial charge on any atom is -0.395 e. The maximum atomic E-state index is 8.98. The second kappa shape index (κ2) is 4.25. The summed E-state index contributed by atoms with van der Waals surface area (Å²) in [6, 6.07) is 1.40. The molecule has 2 rings (SSSR count). The first-order chi connectivity index (χ1) is 6.42. The van der Waals surface area contributed by atoms with Crippen LogP contribution in [0.5, 0.6) is 0 Å². The average Bonchev–Trinajstić information content (AvgIpc) is 2.99. The lowest BCUT2D eigenvalue weighted by Gasteiger charge is -2.30. The van der Waals surface area contributed by atoms with Crippen molar-refractivity contribution in [3.8, 4) is 0 Å². The van der Waals surface area contributed by atoms with E-state index in [1.165, 1.54) is 32.1 Å². The minimum absolute atomic E-state index is 0.306. The summed E-state index contributed by atoms with van der Waals surface area (Å²) in [5.74, 6) is 0. The van der Waals surface area contributed by atoms with E-state index in [9.17, 15) is 0 Å². The number of aliphatic hydroxyl groups is 1. The summed E-state index contributed by atoms with van der Waals surface area (Å²) < 4.78 is 0. The molecule has 0 aromatic rings. The number of aliphatic hydroxyl groups excluding tert-OH is 1. The van der Waals surface area contributed by atoms with Gasteiger partial charge in [-0.15, -0.1) is 0 Å². The van der Waals surface area contributed by atoms with E-state index in [2.05, 4.69) is 17.1 Å². The first kappa shape index (κ1) is 9.22. The highest BCUT2D eigenvalue weighted by Gasteiger charge is 2.32. The van der Waals surface area contributed by atoms with Gasteiger partial charge in [0.1, 0.15) is 0 Å². The van der Waals surface area contributed by atoms with Crippen molar-refractivity contribution >= 4 is 0 Å². The molecule has 0 spiro atoms. The molecular formula is C11H19NO. The van der Waals surface area contributed by atoms with E-state index in [0.29, 0.717) is 12.6 Å². The van der Waals surface area contributed by atoms with Crippen LogP contribution in [0, 0.1) is 0 Å². The van der Waals surface area contributed by atoms with E-state index in [0.717, 1.165) is 12.6 Å². The summed E-state index contributed by atoms with van der Waals surface area (Å²) in [4.78, 5) is 2.48. The summed E-state index contributed by atoms with van der Waals surface area (Å²) in [6.07, 6.45) is 11.1. The van der Waals surface area contributed by atoms with Gasteiger partial charge in [-0.1, -0.05) is 12.2 Å². The highest BCUT2D eigenvalue weighted by atomic mass is 16.3. The Balaban J connectivity index is 1.92. The molecule has 0 aliphatic heterocycles. The largest absolute Gasteiger partial charge is 0.395 e. The molecule has 0 aromatic heterocycles. The number of rotatable bonds is 4. The van der Waals surface area contributed by atoms with Crippen molar-refractivity contribution in [3.63, 3.8) is 0 Å². The zero-order valence-electron chi connectivity index (χ0n) is 8.15. The van der Waals surface area contributed by atoms with Gasteiger partial charge in [-0.05, 0) is 32.1 Å². The predicted molar refractivity (Wildman–Crippen MR) is 53.6 cm³/mol. The molecular weight excluding hydrogens is 162 g/mol. The lowest BCUT2D eigenvalue weighted by molar-refractivity contribution is 0.154. The fourth-order valence-corrected chi connectivity index (χ4v) is 2.21. The van der Waals surface area contributed by atoms with Gasteiger partial charge in [-0.3, -0.25) is 4.90 Å². The Morgan fingerprint density at radius 2 is 2.15 bits per heavy atom. The van der Waals surface area contributed by atoms with Crippen molar-refractivity contribution in [1.82, 2.24) is 4.90 Å². The van der Waals surface area contributed by atoms with Crippen molar-refractivity contribution in [3.05, 3.63) is 12.2 Å². The second-order valence-electron chi connectivity index (χ2n) is 4.12. The molecule has 1 saturated carbocycles. The first-order valence-electron chi connectivity index (χ1n) is 5.45. The molecule has 0 saturated heterocycles. The van der Waals surface area contributed by atoms with Crippen LogP contribution in [0.2, 0.25) is 0 Å². The molecule has 0 aromatic carbocycles. The summed E-state index contributed by atoms with van der Waals surface area (Å²) in [6.45, 7) is 1.17. The Kier molecular flexibility index (Phi) is 3.01. The molecule has 1 N–H and O–H groups in total. The number of hydrogen-bond donors (Lipinski definition) is 1. The van der Waals surface area contributed by atoms with Crippen LogP contribution in [0.1, 0.15) is 32.1 Å². The van der Waals surface area contributed by atoms with E-state index in [1.54, 1.807) is 0 Å². The van der Waals surface area contributed by atoms with Crippen molar-refractivity contribution in [1.29, 1.82) is 0 Å². The molecule has 0 amide bonds. The Labute approximate surface area is 80.2 Å². The maximum Gasteiger partial charge on any atom is 0.0558 e. The van der Waals surface area contributed by atoms with E-state index in [4.69, 9.17) is 5.11 Å². The third-order valence-electron chi connectivity index (χ3n) is 3.03. The quantitative estimate of drug-likeness (QED) is 0.665. The van der Waals surface area contributed by atoms with Gasteiger partial charge in [0.05, 0.1) is 6.61 Å². The molecule has 1 fully saturated rings. The van der Waals surface area contributed by atoms with Gasteiger partial charge in [0.25, 0.3) is 0 Å². The van der Waals surface area contributed by atoms with Gasteiger partial charge in [0, 0.05) is 18.6 Å². The molecule has 2 heteroatoms. The Morgan fingerprint density at radius 1 is 1.31 bits per heavy atom. The van der Waals surface area contributed by atoms with Crippen LogP contribution in [-0.4, -0.2) is 35.2 Å². The molecule has 2 aliphatic carbocycles. The normalized spacial score (nSPS) is 28.3. The smallest absolute Gasteiger partial charge is 0.0558 e. The molecule has 0 heterocycles. The molecule has 0 bridgehead atoms. The van der Waals surface area contributed by atoms with Crippen molar-refractivity contribution < 1.29 is 5.11 Å².